The molecule has 1 aliphatic rings. The van der Waals surface area contributed by atoms with Crippen LogP contribution in [0.1, 0.15) is 10.7 Å². The van der Waals surface area contributed by atoms with Crippen molar-refractivity contribution in [2.24, 2.45) is 11.1 Å². The molecule has 0 radical (unpaired) electrons. The predicted octanol–water partition coefficient (Wildman–Crippen LogP) is 5.24. The van der Waals surface area contributed by atoms with Gasteiger partial charge in [0.1, 0.15) is 5.82 Å². The summed E-state index contributed by atoms with van der Waals surface area (Å²) in [6, 6.07) is 11.1. The van der Waals surface area contributed by atoms with E-state index in [1.54, 1.807) is 29.4 Å². The molecule has 1 amide bonds. The van der Waals surface area contributed by atoms with E-state index in [-0.39, 0.29) is 17.6 Å². The van der Waals surface area contributed by atoms with Crippen molar-refractivity contribution >= 4 is 61.6 Å². The number of benzene rings is 2. The van der Waals surface area contributed by atoms with E-state index in [1.807, 2.05) is 38.1 Å². The summed E-state index contributed by atoms with van der Waals surface area (Å²) in [7, 11) is 1.77. The minimum atomic E-state index is -0.285. The monoisotopic (exact) mass is 499 g/mol. The molecule has 3 heterocycles. The van der Waals surface area contributed by atoms with Crippen molar-refractivity contribution in [2.45, 2.75) is 18.1 Å². The number of anilines is 2. The molecule has 33 heavy (non-hydrogen) atoms. The van der Waals surface area contributed by atoms with E-state index in [0.717, 1.165) is 48.4 Å². The molecule has 2 aromatic carbocycles. The van der Waals surface area contributed by atoms with Crippen LogP contribution in [0.15, 0.2) is 40.6 Å². The Labute approximate surface area is 203 Å². The van der Waals surface area contributed by atoms with Gasteiger partial charge in [0.25, 0.3) is 0 Å². The first-order valence-electron chi connectivity index (χ1n) is 10.4. The summed E-state index contributed by atoms with van der Waals surface area (Å²) < 4.78 is 16.0. The third-order valence-electron chi connectivity index (χ3n) is 5.80. The topological polar surface area (TPSA) is 75.4 Å². The lowest BCUT2D eigenvalue weighted by molar-refractivity contribution is -0.122. The molecule has 0 spiro atoms. The SMILES string of the molecule is Cc1nc2cc(F)cc(-c3ccc(N4CC(C(=O)N(C)c5nc(C)c(SN)s5)C4)cc3)c2s1. The fraction of sp³-hybridized carbons (Fsp3) is 0.261. The van der Waals surface area contributed by atoms with Crippen LogP contribution in [0.2, 0.25) is 0 Å². The van der Waals surface area contributed by atoms with E-state index in [9.17, 15) is 9.18 Å². The maximum absolute atomic E-state index is 14.1. The van der Waals surface area contributed by atoms with Crippen LogP contribution in [0.5, 0.6) is 0 Å². The summed E-state index contributed by atoms with van der Waals surface area (Å²) in [6.45, 7) is 5.14. The van der Waals surface area contributed by atoms with Crippen molar-refractivity contribution in [2.75, 3.05) is 29.9 Å². The summed E-state index contributed by atoms with van der Waals surface area (Å²) >= 11 is 4.17. The Hall–Kier alpha value is -2.53. The molecule has 170 valence electrons. The van der Waals surface area contributed by atoms with Crippen LogP contribution in [0.3, 0.4) is 0 Å². The van der Waals surface area contributed by atoms with E-state index in [2.05, 4.69) is 14.9 Å². The fourth-order valence-corrected chi connectivity index (χ4v) is 6.35. The molecular formula is C23H22FN5OS3. The lowest BCUT2D eigenvalue weighted by Crippen LogP contribution is -2.54. The average molecular weight is 500 g/mol. The van der Waals surface area contributed by atoms with Crippen molar-refractivity contribution in [1.82, 2.24) is 9.97 Å². The molecule has 0 atom stereocenters. The number of thiazole rings is 2. The van der Waals surface area contributed by atoms with Crippen molar-refractivity contribution in [3.8, 4) is 11.1 Å². The third kappa shape index (κ3) is 4.12. The molecule has 1 saturated heterocycles. The van der Waals surface area contributed by atoms with Gasteiger partial charge in [0.2, 0.25) is 5.91 Å². The Bertz CT molecular complexity index is 1340. The maximum Gasteiger partial charge on any atom is 0.235 e. The largest absolute Gasteiger partial charge is 0.370 e. The quantitative estimate of drug-likeness (QED) is 0.379. The fourth-order valence-electron chi connectivity index (χ4n) is 4.01. The van der Waals surface area contributed by atoms with Gasteiger partial charge in [-0.3, -0.25) is 14.8 Å². The first-order chi connectivity index (χ1) is 15.8. The summed E-state index contributed by atoms with van der Waals surface area (Å²) in [5.41, 5.74) is 4.39. The lowest BCUT2D eigenvalue weighted by Gasteiger charge is -2.41. The molecule has 0 aliphatic carbocycles. The Morgan fingerprint density at radius 3 is 2.58 bits per heavy atom. The number of aromatic nitrogens is 2. The summed E-state index contributed by atoms with van der Waals surface area (Å²) in [6.07, 6.45) is 0. The molecule has 0 bridgehead atoms. The van der Waals surface area contributed by atoms with Crippen LogP contribution in [0.4, 0.5) is 15.2 Å². The molecule has 2 aromatic heterocycles. The van der Waals surface area contributed by atoms with Crippen LogP contribution in [0, 0.1) is 25.6 Å². The van der Waals surface area contributed by atoms with E-state index < -0.39 is 0 Å². The van der Waals surface area contributed by atoms with Gasteiger partial charge in [-0.25, -0.2) is 14.4 Å². The van der Waals surface area contributed by atoms with Gasteiger partial charge in [0.15, 0.2) is 5.13 Å². The molecule has 5 rings (SSSR count). The Morgan fingerprint density at radius 2 is 1.91 bits per heavy atom. The second kappa shape index (κ2) is 8.68. The van der Waals surface area contributed by atoms with Gasteiger partial charge in [-0.1, -0.05) is 23.5 Å². The molecule has 1 fully saturated rings. The number of hydrogen-bond donors (Lipinski definition) is 1. The molecule has 10 heteroatoms. The van der Waals surface area contributed by atoms with Crippen LogP contribution in [-0.2, 0) is 4.79 Å². The second-order valence-corrected chi connectivity index (χ2v) is 11.2. The molecule has 0 unspecified atom stereocenters. The second-order valence-electron chi connectivity index (χ2n) is 8.07. The highest BCUT2D eigenvalue weighted by Crippen LogP contribution is 2.36. The van der Waals surface area contributed by atoms with E-state index in [1.165, 1.54) is 17.4 Å². The predicted molar refractivity (Wildman–Crippen MR) is 136 cm³/mol. The highest BCUT2D eigenvalue weighted by molar-refractivity contribution is 7.99. The normalized spacial score (nSPS) is 14.0. The van der Waals surface area contributed by atoms with Crippen molar-refractivity contribution in [1.29, 1.82) is 0 Å². The zero-order valence-electron chi connectivity index (χ0n) is 18.3. The highest BCUT2D eigenvalue weighted by Gasteiger charge is 2.35. The number of hydrogen-bond acceptors (Lipinski definition) is 8. The van der Waals surface area contributed by atoms with E-state index in [0.29, 0.717) is 23.7 Å². The van der Waals surface area contributed by atoms with Gasteiger partial charge in [-0.15, -0.1) is 11.3 Å². The summed E-state index contributed by atoms with van der Waals surface area (Å²) in [5, 5.41) is 7.25. The number of carbonyl (C=O) groups excluding carboxylic acids is 1. The molecule has 0 saturated carbocycles. The zero-order chi connectivity index (χ0) is 23.3. The smallest absolute Gasteiger partial charge is 0.235 e. The first-order valence-corrected chi connectivity index (χ1v) is 12.9. The van der Waals surface area contributed by atoms with Crippen LogP contribution < -0.4 is 14.9 Å². The number of nitrogens with zero attached hydrogens (tertiary/aromatic N) is 4. The lowest BCUT2D eigenvalue weighted by atomic mass is 9.97. The number of amides is 1. The Balaban J connectivity index is 1.28. The number of aryl methyl sites for hydroxylation is 2. The van der Waals surface area contributed by atoms with Gasteiger partial charge >= 0.3 is 0 Å². The minimum absolute atomic E-state index is 0.0629. The zero-order valence-corrected chi connectivity index (χ0v) is 20.8. The number of carbonyl (C=O) groups is 1. The molecular weight excluding hydrogens is 477 g/mol. The van der Waals surface area contributed by atoms with E-state index in [4.69, 9.17) is 5.14 Å². The standard InChI is InChI=1S/C23H22FN5OS3/c1-12-22(33-25)32-23(26-12)28(3)21(30)15-10-29(11-15)17-6-4-14(5-7-17)18-8-16(24)9-19-20(18)31-13(2)27-19/h4-9,15H,10-11,25H2,1-3H3. The molecule has 2 N–H and O–H groups in total. The van der Waals surface area contributed by atoms with Crippen molar-refractivity contribution in [3.05, 3.63) is 52.9 Å². The van der Waals surface area contributed by atoms with E-state index >= 15 is 0 Å². The van der Waals surface area contributed by atoms with Crippen LogP contribution >= 0.6 is 34.6 Å². The Morgan fingerprint density at radius 1 is 1.18 bits per heavy atom. The number of nitrogens with two attached hydrogens (primary N) is 1. The Kier molecular flexibility index (Phi) is 5.86. The first kappa shape index (κ1) is 22.3. The van der Waals surface area contributed by atoms with Gasteiger partial charge in [-0.2, -0.15) is 0 Å². The summed E-state index contributed by atoms with van der Waals surface area (Å²) in [5.74, 6) is -0.295. The maximum atomic E-state index is 14.1. The third-order valence-corrected chi connectivity index (χ3v) is 8.90. The van der Waals surface area contributed by atoms with Gasteiger partial charge in [-0.05, 0) is 49.6 Å². The molecule has 6 nitrogen and oxygen atoms in total. The average Bonchev–Trinajstić information content (AvgIpc) is 3.33. The minimum Gasteiger partial charge on any atom is -0.370 e. The van der Waals surface area contributed by atoms with Crippen molar-refractivity contribution in [3.63, 3.8) is 0 Å². The van der Waals surface area contributed by atoms with Crippen LogP contribution in [0.25, 0.3) is 21.3 Å². The van der Waals surface area contributed by atoms with Crippen molar-refractivity contribution < 1.29 is 9.18 Å². The molecule has 1 aliphatic heterocycles. The van der Waals surface area contributed by atoms with Gasteiger partial charge in [0, 0.05) is 37.5 Å². The number of fused-ring (bicyclic) bond motifs is 1. The molecule has 4 aromatic rings. The summed E-state index contributed by atoms with van der Waals surface area (Å²) in [4.78, 5) is 25.6. The number of rotatable bonds is 5. The van der Waals surface area contributed by atoms with Gasteiger partial charge in [0.05, 0.1) is 31.0 Å². The number of halogens is 1. The highest BCUT2D eigenvalue weighted by atomic mass is 32.2. The van der Waals surface area contributed by atoms with Gasteiger partial charge < -0.3 is 4.90 Å². The van der Waals surface area contributed by atoms with Crippen LogP contribution in [-0.4, -0.2) is 36.0 Å².